The molecule has 0 radical (unpaired) electrons. The maximum atomic E-state index is 14.2. The van der Waals surface area contributed by atoms with Crippen LogP contribution in [0.4, 0.5) is 8.78 Å². The van der Waals surface area contributed by atoms with Gasteiger partial charge in [-0.25, -0.2) is 8.78 Å². The normalized spacial score (nSPS) is 26.7. The molecule has 7 heteroatoms. The summed E-state index contributed by atoms with van der Waals surface area (Å²) >= 11 is 0. The van der Waals surface area contributed by atoms with E-state index >= 15 is 0 Å². The number of rotatable bonds is 6. The third-order valence-electron chi connectivity index (χ3n) is 5.20. The van der Waals surface area contributed by atoms with Crippen molar-refractivity contribution in [2.75, 3.05) is 52.4 Å². The molecule has 2 saturated heterocycles. The Hall–Kier alpha value is -0.790. The van der Waals surface area contributed by atoms with E-state index in [1.54, 1.807) is 6.92 Å². The number of hydrogen-bond acceptors (Lipinski definition) is 4. The minimum atomic E-state index is -2.85. The Morgan fingerprint density at radius 3 is 2.29 bits per heavy atom. The molecule has 0 aliphatic carbocycles. The number of carbonyl (C=O) groups is 1. The van der Waals surface area contributed by atoms with Gasteiger partial charge in [-0.3, -0.25) is 19.5 Å². The molecule has 0 spiro atoms. The first-order valence-electron chi connectivity index (χ1n) is 9.17. The fourth-order valence-electron chi connectivity index (χ4n) is 3.46. The standard InChI is InChI=1S/C17H32F2N4O/c1-4-16(24)20-15-5-6-22(13-17(15,18)19)8-7-21-9-11-23(12-10-21)14(2)3/h14-15H,4-13H2,1-3H3,(H,20,24). The zero-order valence-electron chi connectivity index (χ0n) is 15.2. The fraction of sp³-hybridized carbons (Fsp3) is 0.941. The summed E-state index contributed by atoms with van der Waals surface area (Å²) in [5, 5.41) is 2.47. The average Bonchev–Trinajstić information content (AvgIpc) is 2.55. The summed E-state index contributed by atoms with van der Waals surface area (Å²) in [4.78, 5) is 18.0. The van der Waals surface area contributed by atoms with Crippen molar-refractivity contribution in [1.82, 2.24) is 20.0 Å². The van der Waals surface area contributed by atoms with Gasteiger partial charge in [-0.2, -0.15) is 0 Å². The highest BCUT2D eigenvalue weighted by molar-refractivity contribution is 5.76. The summed E-state index contributed by atoms with van der Waals surface area (Å²) in [5.41, 5.74) is 0. The first kappa shape index (κ1) is 19.5. The number of halogens is 2. The molecule has 140 valence electrons. The van der Waals surface area contributed by atoms with E-state index in [4.69, 9.17) is 0 Å². The Morgan fingerprint density at radius 2 is 1.75 bits per heavy atom. The predicted molar refractivity (Wildman–Crippen MR) is 91.4 cm³/mol. The Morgan fingerprint density at radius 1 is 1.12 bits per heavy atom. The smallest absolute Gasteiger partial charge is 0.280 e. The van der Waals surface area contributed by atoms with Crippen LogP contribution in [-0.2, 0) is 4.79 Å². The first-order chi connectivity index (χ1) is 11.3. The zero-order valence-corrected chi connectivity index (χ0v) is 15.2. The summed E-state index contributed by atoms with van der Waals surface area (Å²) < 4.78 is 28.5. The molecule has 2 aliphatic heterocycles. The lowest BCUT2D eigenvalue weighted by molar-refractivity contribution is -0.130. The van der Waals surface area contributed by atoms with E-state index in [2.05, 4.69) is 29.0 Å². The van der Waals surface area contributed by atoms with E-state index in [0.717, 1.165) is 32.7 Å². The molecule has 5 nitrogen and oxygen atoms in total. The molecule has 1 atom stereocenters. The second-order valence-electron chi connectivity index (χ2n) is 7.27. The number of nitrogens with zero attached hydrogens (tertiary/aromatic N) is 3. The Bertz CT molecular complexity index is 411. The topological polar surface area (TPSA) is 38.8 Å². The molecule has 0 saturated carbocycles. The molecule has 2 fully saturated rings. The predicted octanol–water partition coefficient (Wildman–Crippen LogP) is 1.25. The molecule has 0 aromatic carbocycles. The van der Waals surface area contributed by atoms with Crippen LogP contribution in [0, 0.1) is 0 Å². The van der Waals surface area contributed by atoms with Crippen LogP contribution in [0.25, 0.3) is 0 Å². The van der Waals surface area contributed by atoms with Crippen LogP contribution in [0.2, 0.25) is 0 Å². The molecule has 2 aliphatic rings. The minimum absolute atomic E-state index is 0.249. The molecular formula is C17H32F2N4O. The lowest BCUT2D eigenvalue weighted by atomic mass is 10.0. The maximum absolute atomic E-state index is 14.2. The molecule has 0 aromatic heterocycles. The number of likely N-dealkylation sites (tertiary alicyclic amines) is 1. The SMILES string of the molecule is CCC(=O)NC1CCN(CCN2CCN(C(C)C)CC2)CC1(F)F. The average molecular weight is 346 g/mol. The molecule has 2 rings (SSSR count). The van der Waals surface area contributed by atoms with Gasteiger partial charge in [0.1, 0.15) is 0 Å². The van der Waals surface area contributed by atoms with E-state index < -0.39 is 12.0 Å². The van der Waals surface area contributed by atoms with Gasteiger partial charge in [-0.1, -0.05) is 6.92 Å². The van der Waals surface area contributed by atoms with Crippen LogP contribution in [0.3, 0.4) is 0 Å². The number of hydrogen-bond donors (Lipinski definition) is 1. The van der Waals surface area contributed by atoms with Crippen molar-refractivity contribution in [3.8, 4) is 0 Å². The summed E-state index contributed by atoms with van der Waals surface area (Å²) in [6, 6.07) is -0.445. The Labute approximate surface area is 144 Å². The highest BCUT2D eigenvalue weighted by Crippen LogP contribution is 2.27. The third-order valence-corrected chi connectivity index (χ3v) is 5.20. The lowest BCUT2D eigenvalue weighted by Crippen LogP contribution is -2.59. The molecule has 0 bridgehead atoms. The van der Waals surface area contributed by atoms with Crippen molar-refractivity contribution in [2.45, 2.75) is 51.6 Å². The van der Waals surface area contributed by atoms with Crippen LogP contribution in [-0.4, -0.2) is 91.0 Å². The van der Waals surface area contributed by atoms with Crippen molar-refractivity contribution >= 4 is 5.91 Å². The summed E-state index contributed by atoms with van der Waals surface area (Å²) in [6.45, 7) is 12.1. The van der Waals surface area contributed by atoms with Gasteiger partial charge in [-0.15, -0.1) is 0 Å². The Balaban J connectivity index is 1.73. The largest absolute Gasteiger partial charge is 0.347 e. The molecular weight excluding hydrogens is 314 g/mol. The number of amides is 1. The van der Waals surface area contributed by atoms with Gasteiger partial charge in [0.15, 0.2) is 0 Å². The number of alkyl halides is 2. The zero-order chi connectivity index (χ0) is 17.7. The highest BCUT2D eigenvalue weighted by Gasteiger charge is 2.45. The Kier molecular flexibility index (Phi) is 6.95. The van der Waals surface area contributed by atoms with E-state index in [9.17, 15) is 13.6 Å². The number of carbonyl (C=O) groups excluding carboxylic acids is 1. The van der Waals surface area contributed by atoms with E-state index in [0.29, 0.717) is 25.6 Å². The van der Waals surface area contributed by atoms with Crippen molar-refractivity contribution in [3.63, 3.8) is 0 Å². The number of piperazine rings is 1. The van der Waals surface area contributed by atoms with Crippen LogP contribution in [0.1, 0.15) is 33.6 Å². The lowest BCUT2D eigenvalue weighted by Gasteiger charge is -2.41. The molecule has 24 heavy (non-hydrogen) atoms. The van der Waals surface area contributed by atoms with Crippen LogP contribution in [0.5, 0.6) is 0 Å². The van der Waals surface area contributed by atoms with Gasteiger partial charge in [-0.05, 0) is 20.3 Å². The monoisotopic (exact) mass is 346 g/mol. The summed E-state index contributed by atoms with van der Waals surface area (Å²) in [6.07, 6.45) is 0.568. The van der Waals surface area contributed by atoms with Crippen LogP contribution in [0.15, 0.2) is 0 Å². The van der Waals surface area contributed by atoms with Gasteiger partial charge in [0.05, 0.1) is 12.6 Å². The first-order valence-corrected chi connectivity index (χ1v) is 9.17. The second kappa shape index (κ2) is 8.54. The van der Waals surface area contributed by atoms with E-state index in [1.807, 2.05) is 4.90 Å². The van der Waals surface area contributed by atoms with Gasteiger partial charge < -0.3 is 5.32 Å². The van der Waals surface area contributed by atoms with Crippen LogP contribution >= 0.6 is 0 Å². The number of piperidine rings is 1. The fourth-order valence-corrected chi connectivity index (χ4v) is 3.46. The molecule has 0 aromatic rings. The van der Waals surface area contributed by atoms with Crippen molar-refractivity contribution in [1.29, 1.82) is 0 Å². The molecule has 2 heterocycles. The molecule has 1 amide bonds. The van der Waals surface area contributed by atoms with Crippen molar-refractivity contribution in [2.24, 2.45) is 0 Å². The second-order valence-corrected chi connectivity index (χ2v) is 7.27. The minimum Gasteiger partial charge on any atom is -0.347 e. The molecule has 1 unspecified atom stereocenters. The quantitative estimate of drug-likeness (QED) is 0.786. The maximum Gasteiger partial charge on any atom is 0.280 e. The number of nitrogens with one attached hydrogen (secondary N) is 1. The highest BCUT2D eigenvalue weighted by atomic mass is 19.3. The van der Waals surface area contributed by atoms with Crippen molar-refractivity contribution < 1.29 is 13.6 Å². The van der Waals surface area contributed by atoms with Gasteiger partial charge >= 0.3 is 0 Å². The third kappa shape index (κ3) is 5.36. The van der Waals surface area contributed by atoms with E-state index in [-0.39, 0.29) is 18.9 Å². The van der Waals surface area contributed by atoms with Crippen LogP contribution < -0.4 is 5.32 Å². The summed E-state index contributed by atoms with van der Waals surface area (Å²) in [7, 11) is 0. The molecule has 1 N–H and O–H groups in total. The van der Waals surface area contributed by atoms with Gasteiger partial charge in [0.2, 0.25) is 5.91 Å². The van der Waals surface area contributed by atoms with Gasteiger partial charge in [0, 0.05) is 58.3 Å². The van der Waals surface area contributed by atoms with Gasteiger partial charge in [0.25, 0.3) is 5.92 Å². The summed E-state index contributed by atoms with van der Waals surface area (Å²) in [5.74, 6) is -3.14. The van der Waals surface area contributed by atoms with Crippen molar-refractivity contribution in [3.05, 3.63) is 0 Å². The van der Waals surface area contributed by atoms with E-state index in [1.165, 1.54) is 0 Å².